The van der Waals surface area contributed by atoms with Crippen LogP contribution in [0.2, 0.25) is 5.02 Å². The number of anilines is 2. The number of halogens is 1. The minimum Gasteiger partial charge on any atom is -0.325 e. The number of carbonyl (C=O) groups excluding carboxylic acids is 1. The predicted octanol–water partition coefficient (Wildman–Crippen LogP) is 4.38. The van der Waals surface area contributed by atoms with Crippen LogP contribution in [0.3, 0.4) is 0 Å². The molecule has 0 N–H and O–H groups in total. The summed E-state index contributed by atoms with van der Waals surface area (Å²) in [5.41, 5.74) is 4.74. The second kappa shape index (κ2) is 5.71. The molecule has 0 radical (unpaired) electrons. The topological polar surface area (TPSA) is 35.9 Å². The Labute approximate surface area is 174 Å². The lowest BCUT2D eigenvalue weighted by Crippen LogP contribution is -2.46. The van der Waals surface area contributed by atoms with Crippen molar-refractivity contribution in [2.75, 3.05) is 23.4 Å². The van der Waals surface area contributed by atoms with Gasteiger partial charge in [-0.2, -0.15) is 0 Å². The maximum absolute atomic E-state index is 13.8. The van der Waals surface area contributed by atoms with Gasteiger partial charge in [0.2, 0.25) is 0 Å². The number of hydrogen-bond donors (Lipinski definition) is 0. The Bertz CT molecular complexity index is 1220. The average Bonchev–Trinajstić information content (AvgIpc) is 3.27. The molecule has 0 fully saturated rings. The summed E-state index contributed by atoms with van der Waals surface area (Å²) in [6, 6.07) is 22.0. The number of amidine groups is 1. The van der Waals surface area contributed by atoms with Crippen LogP contribution in [0, 0.1) is 0 Å². The molecule has 1 atom stereocenters. The zero-order valence-electron chi connectivity index (χ0n) is 15.9. The molecule has 3 aliphatic rings. The lowest BCUT2D eigenvalue weighted by molar-refractivity contribution is -0.121. The summed E-state index contributed by atoms with van der Waals surface area (Å²) in [6.45, 7) is 0.857. The summed E-state index contributed by atoms with van der Waals surface area (Å²) in [5.74, 6) is 0.770. The van der Waals surface area contributed by atoms with Gasteiger partial charge in [-0.05, 0) is 24.1 Å². The van der Waals surface area contributed by atoms with Crippen LogP contribution in [0.1, 0.15) is 22.3 Å². The van der Waals surface area contributed by atoms with Crippen LogP contribution in [-0.2, 0) is 16.8 Å². The van der Waals surface area contributed by atoms with Crippen molar-refractivity contribution in [2.24, 2.45) is 4.99 Å². The first kappa shape index (κ1) is 16.8. The normalized spacial score (nSPS) is 21.4. The SMILES string of the molecule is CN1C(=O)C2(N=C(c3ccccc3)N3CCc4cccc2c43)c2c(Cl)cccc21. The third kappa shape index (κ3) is 1.99. The van der Waals surface area contributed by atoms with E-state index in [4.69, 9.17) is 16.6 Å². The highest BCUT2D eigenvalue weighted by Gasteiger charge is 2.57. The molecule has 3 aromatic rings. The fourth-order valence-corrected chi connectivity index (χ4v) is 5.32. The zero-order valence-corrected chi connectivity index (χ0v) is 16.6. The second-order valence-corrected chi connectivity index (χ2v) is 8.13. The summed E-state index contributed by atoms with van der Waals surface area (Å²) < 4.78 is 0. The number of rotatable bonds is 1. The molecule has 0 saturated heterocycles. The molecule has 29 heavy (non-hydrogen) atoms. The van der Waals surface area contributed by atoms with Crippen molar-refractivity contribution >= 4 is 34.7 Å². The summed E-state index contributed by atoms with van der Waals surface area (Å²) in [7, 11) is 1.81. The number of aliphatic imine (C=N–C) groups is 1. The van der Waals surface area contributed by atoms with Crippen LogP contribution in [0.5, 0.6) is 0 Å². The lowest BCUT2D eigenvalue weighted by Gasteiger charge is -2.37. The Morgan fingerprint density at radius 1 is 1.00 bits per heavy atom. The predicted molar refractivity (Wildman–Crippen MR) is 116 cm³/mol. The summed E-state index contributed by atoms with van der Waals surface area (Å²) >= 11 is 6.71. The van der Waals surface area contributed by atoms with Crippen molar-refractivity contribution < 1.29 is 4.79 Å². The van der Waals surface area contributed by atoms with E-state index in [0.29, 0.717) is 5.02 Å². The molecule has 0 aromatic heterocycles. The Kier molecular flexibility index (Phi) is 3.31. The number of hydrogen-bond acceptors (Lipinski definition) is 3. The number of likely N-dealkylation sites (N-methyl/N-ethyl adjacent to an activating group) is 1. The quantitative estimate of drug-likeness (QED) is 0.608. The van der Waals surface area contributed by atoms with Crippen molar-refractivity contribution in [1.29, 1.82) is 0 Å². The molecule has 0 aliphatic carbocycles. The van der Waals surface area contributed by atoms with Gasteiger partial charge in [0.25, 0.3) is 5.91 Å². The molecule has 3 aliphatic heterocycles. The van der Waals surface area contributed by atoms with Gasteiger partial charge in [-0.25, -0.2) is 4.99 Å². The van der Waals surface area contributed by atoms with Gasteiger partial charge in [0, 0.05) is 35.3 Å². The highest BCUT2D eigenvalue weighted by Crippen LogP contribution is 2.55. The number of para-hydroxylation sites is 1. The van der Waals surface area contributed by atoms with E-state index >= 15 is 0 Å². The van der Waals surface area contributed by atoms with Gasteiger partial charge in [-0.3, -0.25) is 4.79 Å². The van der Waals surface area contributed by atoms with E-state index in [0.717, 1.165) is 46.9 Å². The number of carbonyl (C=O) groups is 1. The van der Waals surface area contributed by atoms with Crippen LogP contribution in [0.15, 0.2) is 71.7 Å². The standard InChI is InChI=1S/C24H18ClN3O/c1-27-19-12-6-11-18(25)20(19)24(23(27)29)17-10-5-9-15-13-14-28(21(15)17)22(26-24)16-7-3-2-4-8-16/h2-12H,13-14H2,1H3. The van der Waals surface area contributed by atoms with Crippen LogP contribution in [0.4, 0.5) is 11.4 Å². The smallest absolute Gasteiger partial charge is 0.264 e. The number of fused-ring (bicyclic) bond motifs is 3. The third-order valence-corrected chi connectivity index (χ3v) is 6.59. The number of benzene rings is 3. The molecular weight excluding hydrogens is 382 g/mol. The summed E-state index contributed by atoms with van der Waals surface area (Å²) in [4.78, 5) is 23.0. The molecule has 4 nitrogen and oxygen atoms in total. The monoisotopic (exact) mass is 399 g/mol. The first-order chi connectivity index (χ1) is 14.1. The van der Waals surface area contributed by atoms with E-state index in [1.165, 1.54) is 5.56 Å². The average molecular weight is 400 g/mol. The number of amides is 1. The molecule has 1 spiro atoms. The second-order valence-electron chi connectivity index (χ2n) is 7.72. The van der Waals surface area contributed by atoms with Crippen molar-refractivity contribution in [3.63, 3.8) is 0 Å². The molecule has 0 bridgehead atoms. The third-order valence-electron chi connectivity index (χ3n) is 6.27. The maximum Gasteiger partial charge on any atom is 0.264 e. The van der Waals surface area contributed by atoms with Crippen LogP contribution < -0.4 is 9.80 Å². The van der Waals surface area contributed by atoms with Crippen molar-refractivity contribution in [2.45, 2.75) is 12.0 Å². The Hall–Kier alpha value is -3.11. The van der Waals surface area contributed by atoms with E-state index in [9.17, 15) is 4.79 Å². The van der Waals surface area contributed by atoms with Crippen molar-refractivity contribution in [1.82, 2.24) is 0 Å². The molecule has 3 aromatic carbocycles. The highest BCUT2D eigenvalue weighted by molar-refractivity contribution is 6.34. The van der Waals surface area contributed by atoms with Gasteiger partial charge in [0.05, 0.1) is 11.4 Å². The first-order valence-corrected chi connectivity index (χ1v) is 10.1. The van der Waals surface area contributed by atoms with E-state index in [1.807, 2.05) is 48.5 Å². The zero-order chi connectivity index (χ0) is 19.8. The van der Waals surface area contributed by atoms with E-state index in [1.54, 1.807) is 11.9 Å². The summed E-state index contributed by atoms with van der Waals surface area (Å²) in [6.07, 6.45) is 0.935. The Morgan fingerprint density at radius 3 is 2.62 bits per heavy atom. The van der Waals surface area contributed by atoms with Crippen molar-refractivity contribution in [3.8, 4) is 0 Å². The van der Waals surface area contributed by atoms with Gasteiger partial charge in [-0.15, -0.1) is 0 Å². The van der Waals surface area contributed by atoms with Gasteiger partial charge < -0.3 is 9.80 Å². The van der Waals surface area contributed by atoms with E-state index < -0.39 is 5.54 Å². The minimum absolute atomic E-state index is 0.0611. The fraction of sp³-hybridized carbons (Fsp3) is 0.167. The molecule has 1 amide bonds. The highest BCUT2D eigenvalue weighted by atomic mass is 35.5. The molecular formula is C24H18ClN3O. The molecule has 5 heteroatoms. The Morgan fingerprint density at radius 2 is 1.79 bits per heavy atom. The van der Waals surface area contributed by atoms with E-state index in [2.05, 4.69) is 23.1 Å². The van der Waals surface area contributed by atoms with Crippen LogP contribution in [-0.4, -0.2) is 25.3 Å². The fourth-order valence-electron chi connectivity index (χ4n) is 5.01. The number of nitrogens with zero attached hydrogens (tertiary/aromatic N) is 3. The van der Waals surface area contributed by atoms with Crippen LogP contribution >= 0.6 is 11.6 Å². The Balaban J connectivity index is 1.76. The molecule has 142 valence electrons. The van der Waals surface area contributed by atoms with Gasteiger partial charge in [-0.1, -0.05) is 66.2 Å². The molecule has 6 rings (SSSR count). The summed E-state index contributed by atoms with van der Waals surface area (Å²) in [5, 5.41) is 0.570. The van der Waals surface area contributed by atoms with E-state index in [-0.39, 0.29) is 5.91 Å². The first-order valence-electron chi connectivity index (χ1n) is 9.75. The van der Waals surface area contributed by atoms with Gasteiger partial charge in [0.1, 0.15) is 5.84 Å². The van der Waals surface area contributed by atoms with Crippen molar-refractivity contribution in [3.05, 3.63) is 94.0 Å². The minimum atomic E-state index is -1.15. The maximum atomic E-state index is 13.8. The molecule has 0 saturated carbocycles. The van der Waals surface area contributed by atoms with Gasteiger partial charge >= 0.3 is 0 Å². The van der Waals surface area contributed by atoms with Crippen LogP contribution in [0.25, 0.3) is 0 Å². The molecule has 1 unspecified atom stereocenters. The molecule has 3 heterocycles. The lowest BCUT2D eigenvalue weighted by atomic mass is 9.81. The van der Waals surface area contributed by atoms with Gasteiger partial charge in [0.15, 0.2) is 5.54 Å². The largest absolute Gasteiger partial charge is 0.325 e.